The number of hydrogen-bond acceptors (Lipinski definition) is 3. The molecule has 0 bridgehead atoms. The molecule has 0 radical (unpaired) electrons. The van der Waals surface area contributed by atoms with E-state index in [1.165, 1.54) is 6.07 Å². The second-order valence-corrected chi connectivity index (χ2v) is 6.02. The molecule has 4 nitrogen and oxygen atoms in total. The monoisotopic (exact) mass is 368 g/mol. The Hall–Kier alpha value is -1.59. The van der Waals surface area contributed by atoms with E-state index >= 15 is 0 Å². The zero-order chi connectivity index (χ0) is 15.6. The van der Waals surface area contributed by atoms with Crippen LogP contribution in [0.2, 0.25) is 5.02 Å². The second-order valence-electron chi connectivity index (χ2n) is 4.82. The average molecular weight is 370 g/mol. The zero-order valence-corrected chi connectivity index (χ0v) is 14.0. The fourth-order valence-electron chi connectivity index (χ4n) is 2.06. The van der Waals surface area contributed by atoms with E-state index in [-0.39, 0.29) is 10.7 Å². The van der Waals surface area contributed by atoms with E-state index in [0.717, 1.165) is 26.9 Å². The van der Waals surface area contributed by atoms with Gasteiger partial charge in [-0.15, -0.1) is 0 Å². The first-order chi connectivity index (χ1) is 9.88. The molecule has 0 heterocycles. The first kappa shape index (κ1) is 15.8. The summed E-state index contributed by atoms with van der Waals surface area (Å²) in [6.07, 6.45) is 0. The Bertz CT molecular complexity index is 681. The van der Waals surface area contributed by atoms with Crippen molar-refractivity contribution in [3.8, 4) is 0 Å². The zero-order valence-electron chi connectivity index (χ0n) is 11.6. The molecule has 110 valence electrons. The van der Waals surface area contributed by atoms with Crippen LogP contribution in [0.5, 0.6) is 0 Å². The summed E-state index contributed by atoms with van der Waals surface area (Å²) in [6, 6.07) is 8.88. The van der Waals surface area contributed by atoms with Gasteiger partial charge in [-0.2, -0.15) is 0 Å². The molecule has 0 aliphatic heterocycles. The third-order valence-corrected chi connectivity index (χ3v) is 4.71. The van der Waals surface area contributed by atoms with E-state index in [2.05, 4.69) is 21.2 Å². The smallest absolute Gasteiger partial charge is 0.288 e. The van der Waals surface area contributed by atoms with Gasteiger partial charge in [0.2, 0.25) is 0 Å². The molecule has 0 spiro atoms. The van der Waals surface area contributed by atoms with Gasteiger partial charge < -0.3 is 5.32 Å². The maximum Gasteiger partial charge on any atom is 0.288 e. The molecule has 0 aliphatic rings. The van der Waals surface area contributed by atoms with Crippen LogP contribution in [-0.2, 0) is 6.54 Å². The standard InChI is InChI=1S/C15H14BrClN2O2/c1-9-5-12(6-10(2)15(9)16)18-8-11-3-4-13(17)14(7-11)19(20)21/h3-7,18H,8H2,1-2H3. The van der Waals surface area contributed by atoms with Crippen molar-refractivity contribution in [1.82, 2.24) is 0 Å². The van der Waals surface area contributed by atoms with Crippen LogP contribution >= 0.6 is 27.5 Å². The molecule has 2 aromatic carbocycles. The number of nitrogens with zero attached hydrogens (tertiary/aromatic N) is 1. The topological polar surface area (TPSA) is 55.2 Å². The van der Waals surface area contributed by atoms with Crippen LogP contribution in [0.3, 0.4) is 0 Å². The molecule has 0 fully saturated rings. The van der Waals surface area contributed by atoms with Gasteiger partial charge >= 0.3 is 0 Å². The second kappa shape index (κ2) is 6.45. The van der Waals surface area contributed by atoms with Crippen LogP contribution in [0.4, 0.5) is 11.4 Å². The van der Waals surface area contributed by atoms with Crippen LogP contribution in [0, 0.1) is 24.0 Å². The highest BCUT2D eigenvalue weighted by atomic mass is 79.9. The number of halogens is 2. The highest BCUT2D eigenvalue weighted by Crippen LogP contribution is 2.27. The Labute approximate surface area is 136 Å². The van der Waals surface area contributed by atoms with Crippen LogP contribution in [-0.4, -0.2) is 4.92 Å². The molecule has 21 heavy (non-hydrogen) atoms. The summed E-state index contributed by atoms with van der Waals surface area (Å²) in [4.78, 5) is 10.4. The predicted octanol–water partition coefficient (Wildman–Crippen LogP) is 5.24. The van der Waals surface area contributed by atoms with Crippen molar-refractivity contribution in [1.29, 1.82) is 0 Å². The summed E-state index contributed by atoms with van der Waals surface area (Å²) in [5.74, 6) is 0. The van der Waals surface area contributed by atoms with Gasteiger partial charge in [-0.25, -0.2) is 0 Å². The van der Waals surface area contributed by atoms with Crippen molar-refractivity contribution >= 4 is 38.9 Å². The Morgan fingerprint density at radius 1 is 1.24 bits per heavy atom. The quantitative estimate of drug-likeness (QED) is 0.592. The summed E-state index contributed by atoms with van der Waals surface area (Å²) in [5, 5.41) is 14.3. The van der Waals surface area contributed by atoms with Crippen LogP contribution in [0.25, 0.3) is 0 Å². The van der Waals surface area contributed by atoms with E-state index in [1.54, 1.807) is 12.1 Å². The van der Waals surface area contributed by atoms with Crippen LogP contribution in [0.1, 0.15) is 16.7 Å². The summed E-state index contributed by atoms with van der Waals surface area (Å²) in [5.41, 5.74) is 3.99. The van der Waals surface area contributed by atoms with Crippen molar-refractivity contribution in [2.24, 2.45) is 0 Å². The van der Waals surface area contributed by atoms with Crippen molar-refractivity contribution < 1.29 is 4.92 Å². The number of aryl methyl sites for hydroxylation is 2. The van der Waals surface area contributed by atoms with E-state index in [9.17, 15) is 10.1 Å². The molecule has 0 aromatic heterocycles. The maximum atomic E-state index is 10.9. The number of nitrogens with one attached hydrogen (secondary N) is 1. The van der Waals surface area contributed by atoms with Crippen LogP contribution in [0.15, 0.2) is 34.8 Å². The minimum atomic E-state index is -0.472. The summed E-state index contributed by atoms with van der Waals surface area (Å²) in [7, 11) is 0. The molecule has 0 amide bonds. The minimum absolute atomic E-state index is 0.0702. The summed E-state index contributed by atoms with van der Waals surface area (Å²) in [6.45, 7) is 4.54. The van der Waals surface area contributed by atoms with Gasteiger partial charge in [-0.3, -0.25) is 10.1 Å². The number of benzene rings is 2. The molecule has 0 atom stereocenters. The SMILES string of the molecule is Cc1cc(NCc2ccc(Cl)c([N+](=O)[O-])c2)cc(C)c1Br. The highest BCUT2D eigenvalue weighted by molar-refractivity contribution is 9.10. The molecular formula is C15H14BrClN2O2. The number of rotatable bonds is 4. The maximum absolute atomic E-state index is 10.9. The Kier molecular flexibility index (Phi) is 4.85. The lowest BCUT2D eigenvalue weighted by Gasteiger charge is -2.11. The fraction of sp³-hybridized carbons (Fsp3) is 0.200. The van der Waals surface area contributed by atoms with Crippen molar-refractivity contribution in [2.45, 2.75) is 20.4 Å². The molecule has 0 aliphatic carbocycles. The molecule has 2 aromatic rings. The Morgan fingerprint density at radius 2 is 1.86 bits per heavy atom. The highest BCUT2D eigenvalue weighted by Gasteiger charge is 2.12. The van der Waals surface area contributed by atoms with Gasteiger partial charge in [-0.1, -0.05) is 33.6 Å². The summed E-state index contributed by atoms with van der Waals surface area (Å²) < 4.78 is 1.09. The number of nitro groups is 1. The average Bonchev–Trinajstić information content (AvgIpc) is 2.43. The van der Waals surface area contributed by atoms with Crippen molar-refractivity contribution in [3.63, 3.8) is 0 Å². The molecule has 0 saturated heterocycles. The molecule has 6 heteroatoms. The lowest BCUT2D eigenvalue weighted by molar-refractivity contribution is -0.384. The van der Waals surface area contributed by atoms with Gasteiger partial charge in [0, 0.05) is 22.8 Å². The van der Waals surface area contributed by atoms with Gasteiger partial charge in [0.1, 0.15) is 5.02 Å². The van der Waals surface area contributed by atoms with Gasteiger partial charge in [0.25, 0.3) is 5.69 Å². The number of anilines is 1. The van der Waals surface area contributed by atoms with Gasteiger partial charge in [0.15, 0.2) is 0 Å². The van der Waals surface area contributed by atoms with Crippen LogP contribution < -0.4 is 5.32 Å². The lowest BCUT2D eigenvalue weighted by Crippen LogP contribution is -2.01. The van der Waals surface area contributed by atoms with Crippen molar-refractivity contribution in [2.75, 3.05) is 5.32 Å². The molecule has 0 saturated carbocycles. The number of hydrogen-bond donors (Lipinski definition) is 1. The normalized spacial score (nSPS) is 10.5. The molecule has 1 N–H and O–H groups in total. The Morgan fingerprint density at radius 3 is 2.43 bits per heavy atom. The fourth-order valence-corrected chi connectivity index (χ4v) is 2.48. The van der Waals surface area contributed by atoms with Gasteiger partial charge in [0.05, 0.1) is 4.92 Å². The molecular weight excluding hydrogens is 356 g/mol. The predicted molar refractivity (Wildman–Crippen MR) is 89.0 cm³/mol. The number of nitro benzene ring substituents is 1. The molecule has 2 rings (SSSR count). The van der Waals surface area contributed by atoms with E-state index in [0.29, 0.717) is 6.54 Å². The third kappa shape index (κ3) is 3.74. The van der Waals surface area contributed by atoms with E-state index in [1.807, 2.05) is 26.0 Å². The first-order valence-corrected chi connectivity index (χ1v) is 7.49. The Balaban J connectivity index is 2.17. The largest absolute Gasteiger partial charge is 0.381 e. The van der Waals surface area contributed by atoms with Crippen molar-refractivity contribution in [3.05, 3.63) is 66.6 Å². The minimum Gasteiger partial charge on any atom is -0.381 e. The summed E-state index contributed by atoms with van der Waals surface area (Å²) >= 11 is 9.33. The third-order valence-electron chi connectivity index (χ3n) is 3.14. The van der Waals surface area contributed by atoms with E-state index in [4.69, 9.17) is 11.6 Å². The first-order valence-electron chi connectivity index (χ1n) is 6.32. The van der Waals surface area contributed by atoms with E-state index < -0.39 is 4.92 Å². The van der Waals surface area contributed by atoms with Gasteiger partial charge in [-0.05, 0) is 48.7 Å². The molecule has 0 unspecified atom stereocenters. The lowest BCUT2D eigenvalue weighted by atomic mass is 10.1.